The Hall–Kier alpha value is -4.20. The highest BCUT2D eigenvalue weighted by Gasteiger charge is 2.14. The maximum absolute atomic E-state index is 14.6. The highest BCUT2D eigenvalue weighted by Crippen LogP contribution is 2.30. The number of methoxy groups -OCH3 is 1. The summed E-state index contributed by atoms with van der Waals surface area (Å²) in [6, 6.07) is 17.0. The summed E-state index contributed by atoms with van der Waals surface area (Å²) < 4.78 is 23.8. The summed E-state index contributed by atoms with van der Waals surface area (Å²) in [6.45, 7) is 5.09. The zero-order valence-corrected chi connectivity index (χ0v) is 19.3. The molecule has 0 bridgehead atoms. The van der Waals surface area contributed by atoms with Crippen molar-refractivity contribution in [1.29, 1.82) is 0 Å². The van der Waals surface area contributed by atoms with E-state index in [1.54, 1.807) is 19.5 Å². The lowest BCUT2D eigenvalue weighted by Gasteiger charge is -2.12. The molecule has 0 aliphatic heterocycles. The topological polar surface area (TPSA) is 69.8 Å². The predicted octanol–water partition coefficient (Wildman–Crippen LogP) is 5.16. The van der Waals surface area contributed by atoms with Crippen LogP contribution in [-0.4, -0.2) is 38.0 Å². The van der Waals surface area contributed by atoms with Gasteiger partial charge in [-0.1, -0.05) is 12.1 Å². The van der Waals surface area contributed by atoms with E-state index in [9.17, 15) is 4.39 Å². The molecule has 34 heavy (non-hydrogen) atoms. The normalized spacial score (nSPS) is 11.2. The molecule has 0 atom stereocenters. The fourth-order valence-electron chi connectivity index (χ4n) is 4.16. The van der Waals surface area contributed by atoms with Crippen LogP contribution < -0.4 is 10.1 Å². The van der Waals surface area contributed by atoms with Gasteiger partial charge in [-0.25, -0.2) is 19.0 Å². The van der Waals surface area contributed by atoms with Gasteiger partial charge in [-0.15, -0.1) is 0 Å². The third-order valence-corrected chi connectivity index (χ3v) is 5.86. The number of aryl methyl sites for hydroxylation is 2. The van der Waals surface area contributed by atoms with Crippen LogP contribution in [0.5, 0.6) is 5.75 Å². The molecule has 0 fully saturated rings. The first-order valence-electron chi connectivity index (χ1n) is 11.0. The lowest BCUT2D eigenvalue weighted by molar-refractivity contribution is 0.419. The Morgan fingerprint density at radius 3 is 2.56 bits per heavy atom. The standard InChI is InChI=1S/C26H25FN6O/c1-17-10-12-33(31-17)20-6-4-19(5-7-20)23-15-25(30-16-29-23)28-11-13-32-18(2)14-21-24(34-3)9-8-22(27)26(21)32/h4-10,12,14-16H,11,13H2,1-3H3,(H,28,29,30). The molecule has 172 valence electrons. The van der Waals surface area contributed by atoms with Crippen LogP contribution in [0.3, 0.4) is 0 Å². The summed E-state index contributed by atoms with van der Waals surface area (Å²) in [5, 5.41) is 8.55. The molecule has 5 rings (SSSR count). The highest BCUT2D eigenvalue weighted by atomic mass is 19.1. The minimum absolute atomic E-state index is 0.262. The summed E-state index contributed by atoms with van der Waals surface area (Å²) in [5.74, 6) is 1.12. The van der Waals surface area contributed by atoms with Crippen LogP contribution in [0.4, 0.5) is 10.2 Å². The quantitative estimate of drug-likeness (QED) is 0.366. The van der Waals surface area contributed by atoms with Crippen LogP contribution in [0.1, 0.15) is 11.4 Å². The van der Waals surface area contributed by atoms with E-state index < -0.39 is 0 Å². The summed E-state index contributed by atoms with van der Waals surface area (Å²) in [7, 11) is 1.60. The molecule has 5 aromatic rings. The Kier molecular flexibility index (Phi) is 5.71. The fraction of sp³-hybridized carbons (Fsp3) is 0.192. The van der Waals surface area contributed by atoms with Gasteiger partial charge < -0.3 is 14.6 Å². The number of aromatic nitrogens is 5. The minimum atomic E-state index is -0.262. The third-order valence-electron chi connectivity index (χ3n) is 5.86. The van der Waals surface area contributed by atoms with Gasteiger partial charge in [0, 0.05) is 42.0 Å². The highest BCUT2D eigenvalue weighted by molar-refractivity contribution is 5.88. The SMILES string of the molecule is COc1ccc(F)c2c1cc(C)n2CCNc1cc(-c2ccc(-n3ccc(C)n3)cc2)ncn1. The fourth-order valence-corrected chi connectivity index (χ4v) is 4.16. The van der Waals surface area contributed by atoms with Gasteiger partial charge in [-0.3, -0.25) is 0 Å². The Morgan fingerprint density at radius 1 is 1.00 bits per heavy atom. The Morgan fingerprint density at radius 2 is 1.82 bits per heavy atom. The molecule has 0 saturated heterocycles. The first-order valence-corrected chi connectivity index (χ1v) is 11.0. The number of fused-ring (bicyclic) bond motifs is 1. The molecule has 0 aliphatic rings. The molecule has 0 amide bonds. The number of benzene rings is 2. The number of nitrogens with zero attached hydrogens (tertiary/aromatic N) is 5. The average Bonchev–Trinajstić information content (AvgIpc) is 3.43. The maximum Gasteiger partial charge on any atom is 0.147 e. The third kappa shape index (κ3) is 4.10. The largest absolute Gasteiger partial charge is 0.496 e. The average molecular weight is 457 g/mol. The summed E-state index contributed by atoms with van der Waals surface area (Å²) in [6.07, 6.45) is 3.48. The van der Waals surface area contributed by atoms with Gasteiger partial charge in [0.1, 0.15) is 23.7 Å². The first kappa shape index (κ1) is 21.6. The van der Waals surface area contributed by atoms with Crippen molar-refractivity contribution in [3.63, 3.8) is 0 Å². The van der Waals surface area contributed by atoms with E-state index in [1.165, 1.54) is 6.07 Å². The molecule has 1 N–H and O–H groups in total. The minimum Gasteiger partial charge on any atom is -0.496 e. The van der Waals surface area contributed by atoms with E-state index in [0.29, 0.717) is 30.2 Å². The van der Waals surface area contributed by atoms with E-state index >= 15 is 0 Å². The lowest BCUT2D eigenvalue weighted by Crippen LogP contribution is -2.13. The Balaban J connectivity index is 1.30. The van der Waals surface area contributed by atoms with Crippen LogP contribution in [-0.2, 0) is 6.54 Å². The molecule has 3 heterocycles. The molecular weight excluding hydrogens is 431 g/mol. The maximum atomic E-state index is 14.6. The summed E-state index contributed by atoms with van der Waals surface area (Å²) in [4.78, 5) is 8.76. The van der Waals surface area contributed by atoms with Crippen molar-refractivity contribution in [3.8, 4) is 22.7 Å². The molecule has 3 aromatic heterocycles. The predicted molar refractivity (Wildman–Crippen MR) is 131 cm³/mol. The second-order valence-electron chi connectivity index (χ2n) is 8.11. The number of ether oxygens (including phenoxy) is 1. The zero-order chi connectivity index (χ0) is 23.7. The van der Waals surface area contributed by atoms with Gasteiger partial charge >= 0.3 is 0 Å². The van der Waals surface area contributed by atoms with Gasteiger partial charge in [0.25, 0.3) is 0 Å². The van der Waals surface area contributed by atoms with Crippen molar-refractivity contribution in [1.82, 2.24) is 24.3 Å². The van der Waals surface area contributed by atoms with Gasteiger partial charge in [0.05, 0.1) is 29.7 Å². The van der Waals surface area contributed by atoms with Gasteiger partial charge in [0.2, 0.25) is 0 Å². The molecular formula is C26H25FN6O. The van der Waals surface area contributed by atoms with Gasteiger partial charge in [0.15, 0.2) is 0 Å². The smallest absolute Gasteiger partial charge is 0.147 e. The number of halogens is 1. The molecule has 0 radical (unpaired) electrons. The number of nitrogens with one attached hydrogen (secondary N) is 1. The van der Waals surface area contributed by atoms with Gasteiger partial charge in [-0.05, 0) is 50.2 Å². The molecule has 0 unspecified atom stereocenters. The second kappa shape index (κ2) is 8.97. The van der Waals surface area contributed by atoms with E-state index in [4.69, 9.17) is 4.74 Å². The number of hydrogen-bond donors (Lipinski definition) is 1. The number of rotatable bonds is 7. The number of hydrogen-bond acceptors (Lipinski definition) is 5. The van der Waals surface area contributed by atoms with Crippen molar-refractivity contribution in [2.24, 2.45) is 0 Å². The van der Waals surface area contributed by atoms with Crippen LogP contribution in [0.25, 0.3) is 27.8 Å². The van der Waals surface area contributed by atoms with E-state index in [-0.39, 0.29) is 5.82 Å². The van der Waals surface area contributed by atoms with Crippen LogP contribution >= 0.6 is 0 Å². The molecule has 0 spiro atoms. The van der Waals surface area contributed by atoms with Crippen molar-refractivity contribution >= 4 is 16.7 Å². The van der Waals surface area contributed by atoms with E-state index in [2.05, 4.69) is 20.4 Å². The van der Waals surface area contributed by atoms with Crippen LogP contribution in [0, 0.1) is 19.7 Å². The second-order valence-corrected chi connectivity index (χ2v) is 8.11. The first-order chi connectivity index (χ1) is 16.5. The van der Waals surface area contributed by atoms with E-state index in [0.717, 1.165) is 33.7 Å². The molecule has 7 nitrogen and oxygen atoms in total. The Labute approximate surface area is 196 Å². The van der Waals surface area contributed by atoms with E-state index in [1.807, 2.05) is 71.8 Å². The molecule has 0 aliphatic carbocycles. The summed E-state index contributed by atoms with van der Waals surface area (Å²) in [5.41, 5.74) is 5.28. The van der Waals surface area contributed by atoms with Crippen LogP contribution in [0.2, 0.25) is 0 Å². The van der Waals surface area contributed by atoms with Crippen LogP contribution in [0.15, 0.2) is 67.1 Å². The van der Waals surface area contributed by atoms with Crippen molar-refractivity contribution in [3.05, 3.63) is 84.3 Å². The monoisotopic (exact) mass is 456 g/mol. The molecule has 0 saturated carbocycles. The molecule has 2 aromatic carbocycles. The lowest BCUT2D eigenvalue weighted by atomic mass is 10.1. The molecule has 8 heteroatoms. The van der Waals surface area contributed by atoms with Crippen molar-refractivity contribution in [2.75, 3.05) is 19.0 Å². The van der Waals surface area contributed by atoms with Crippen molar-refractivity contribution < 1.29 is 9.13 Å². The Bertz CT molecular complexity index is 1450. The summed E-state index contributed by atoms with van der Waals surface area (Å²) >= 11 is 0. The van der Waals surface area contributed by atoms with Crippen molar-refractivity contribution in [2.45, 2.75) is 20.4 Å². The number of anilines is 1. The van der Waals surface area contributed by atoms with Gasteiger partial charge in [-0.2, -0.15) is 5.10 Å². The zero-order valence-electron chi connectivity index (χ0n) is 19.3.